The van der Waals surface area contributed by atoms with Gasteiger partial charge in [0.05, 0.1) is 61.9 Å². The highest BCUT2D eigenvalue weighted by molar-refractivity contribution is 5.81. The van der Waals surface area contributed by atoms with Gasteiger partial charge in [0.1, 0.15) is 34.4 Å². The van der Waals surface area contributed by atoms with Crippen molar-refractivity contribution in [2.24, 2.45) is 0 Å². The lowest BCUT2D eigenvalue weighted by Crippen LogP contribution is -2.05. The Morgan fingerprint density at radius 3 is 1.46 bits per heavy atom. The SMILES string of the molecule is COc1ccc2[nH]c(-c3ccc(OCCCOc4ccc(-c5nc6cc(OC)ccc6[nH]5)nc4)cn3)nc2c1. The van der Waals surface area contributed by atoms with Gasteiger partial charge in [0, 0.05) is 18.6 Å². The molecule has 196 valence electrons. The van der Waals surface area contributed by atoms with Crippen LogP contribution in [0, 0.1) is 0 Å². The molecular weight excluding hydrogens is 496 g/mol. The molecule has 0 aliphatic carbocycles. The lowest BCUT2D eigenvalue weighted by molar-refractivity contribution is 0.246. The van der Waals surface area contributed by atoms with Gasteiger partial charge in [-0.3, -0.25) is 0 Å². The number of nitrogens with one attached hydrogen (secondary N) is 2. The number of nitrogens with zero attached hydrogens (tertiary/aromatic N) is 4. The van der Waals surface area contributed by atoms with Gasteiger partial charge in [-0.25, -0.2) is 19.9 Å². The number of ether oxygens (including phenoxy) is 4. The van der Waals surface area contributed by atoms with Crippen LogP contribution in [0.15, 0.2) is 73.1 Å². The fourth-order valence-corrected chi connectivity index (χ4v) is 4.12. The van der Waals surface area contributed by atoms with Gasteiger partial charge in [-0.15, -0.1) is 0 Å². The molecule has 0 saturated heterocycles. The van der Waals surface area contributed by atoms with Crippen molar-refractivity contribution < 1.29 is 18.9 Å². The molecule has 0 aliphatic heterocycles. The van der Waals surface area contributed by atoms with Crippen molar-refractivity contribution >= 4 is 22.1 Å². The Balaban J connectivity index is 0.980. The molecule has 0 aliphatic rings. The summed E-state index contributed by atoms with van der Waals surface area (Å²) in [7, 11) is 3.27. The number of fused-ring (bicyclic) bond motifs is 2. The first-order valence-corrected chi connectivity index (χ1v) is 12.4. The lowest BCUT2D eigenvalue weighted by Gasteiger charge is -2.08. The van der Waals surface area contributed by atoms with Gasteiger partial charge in [0.25, 0.3) is 0 Å². The summed E-state index contributed by atoms with van der Waals surface area (Å²) in [6.07, 6.45) is 4.10. The number of aromatic amines is 2. The highest BCUT2D eigenvalue weighted by Gasteiger charge is 2.09. The predicted molar refractivity (Wildman–Crippen MR) is 147 cm³/mol. The zero-order chi connectivity index (χ0) is 26.6. The Labute approximate surface area is 224 Å². The zero-order valence-electron chi connectivity index (χ0n) is 21.5. The van der Waals surface area contributed by atoms with Gasteiger partial charge in [0.2, 0.25) is 0 Å². The van der Waals surface area contributed by atoms with Crippen molar-refractivity contribution in [2.45, 2.75) is 6.42 Å². The fourth-order valence-electron chi connectivity index (χ4n) is 4.12. The second-order valence-corrected chi connectivity index (χ2v) is 8.75. The van der Waals surface area contributed by atoms with Crippen LogP contribution in [0.2, 0.25) is 0 Å². The average molecular weight is 523 g/mol. The molecule has 0 atom stereocenters. The minimum absolute atomic E-state index is 0.499. The minimum Gasteiger partial charge on any atom is -0.497 e. The Bertz CT molecular complexity index is 1580. The molecule has 0 spiro atoms. The summed E-state index contributed by atoms with van der Waals surface area (Å²) in [5, 5.41) is 0. The van der Waals surface area contributed by atoms with Gasteiger partial charge < -0.3 is 28.9 Å². The zero-order valence-corrected chi connectivity index (χ0v) is 21.5. The molecule has 2 aromatic carbocycles. The summed E-state index contributed by atoms with van der Waals surface area (Å²) in [6.45, 7) is 0.999. The molecular formula is C29H26N6O4. The average Bonchev–Trinajstić information content (AvgIpc) is 3.61. The van der Waals surface area contributed by atoms with E-state index in [0.29, 0.717) is 42.8 Å². The second-order valence-electron chi connectivity index (χ2n) is 8.75. The molecule has 10 heteroatoms. The molecule has 0 amide bonds. The van der Waals surface area contributed by atoms with E-state index in [-0.39, 0.29) is 0 Å². The number of benzene rings is 2. The Hall–Kier alpha value is -5.12. The van der Waals surface area contributed by atoms with E-state index >= 15 is 0 Å². The normalized spacial score (nSPS) is 11.1. The third-order valence-electron chi connectivity index (χ3n) is 6.16. The molecule has 4 heterocycles. The van der Waals surface area contributed by atoms with Gasteiger partial charge in [0.15, 0.2) is 11.6 Å². The van der Waals surface area contributed by atoms with Crippen LogP contribution in [-0.4, -0.2) is 57.3 Å². The number of imidazole rings is 2. The maximum Gasteiger partial charge on any atom is 0.157 e. The van der Waals surface area contributed by atoms with Crippen molar-refractivity contribution in [3.63, 3.8) is 0 Å². The summed E-state index contributed by atoms with van der Waals surface area (Å²) in [5.74, 6) is 4.28. The molecule has 2 N–H and O–H groups in total. The first kappa shape index (κ1) is 24.2. The number of methoxy groups -OCH3 is 2. The van der Waals surface area contributed by atoms with Crippen LogP contribution >= 0.6 is 0 Å². The number of hydrogen-bond donors (Lipinski definition) is 2. The number of pyridine rings is 2. The maximum absolute atomic E-state index is 5.82. The van der Waals surface area contributed by atoms with Gasteiger partial charge >= 0.3 is 0 Å². The number of rotatable bonds is 10. The van der Waals surface area contributed by atoms with Crippen molar-refractivity contribution in [3.8, 4) is 46.0 Å². The Morgan fingerprint density at radius 1 is 0.590 bits per heavy atom. The van der Waals surface area contributed by atoms with Gasteiger partial charge in [-0.05, 0) is 48.5 Å². The molecule has 0 saturated carbocycles. The lowest BCUT2D eigenvalue weighted by atomic mass is 10.3. The number of H-pyrrole nitrogens is 2. The molecule has 0 radical (unpaired) electrons. The molecule has 0 fully saturated rings. The first-order valence-electron chi connectivity index (χ1n) is 12.4. The van der Waals surface area contributed by atoms with E-state index in [1.807, 2.05) is 60.7 Å². The van der Waals surface area contributed by atoms with Gasteiger partial charge in [-0.1, -0.05) is 0 Å². The summed E-state index contributed by atoms with van der Waals surface area (Å²) in [6, 6.07) is 19.0. The minimum atomic E-state index is 0.499. The van der Waals surface area contributed by atoms with Crippen LogP contribution in [0.25, 0.3) is 45.1 Å². The van der Waals surface area contributed by atoms with Crippen LogP contribution in [-0.2, 0) is 0 Å². The van der Waals surface area contributed by atoms with Crippen LogP contribution in [0.3, 0.4) is 0 Å². The van der Waals surface area contributed by atoms with Crippen LogP contribution < -0.4 is 18.9 Å². The van der Waals surface area contributed by atoms with Crippen LogP contribution in [0.5, 0.6) is 23.0 Å². The van der Waals surface area contributed by atoms with Gasteiger partial charge in [-0.2, -0.15) is 0 Å². The second kappa shape index (κ2) is 10.7. The number of hydrogen-bond acceptors (Lipinski definition) is 8. The van der Waals surface area contributed by atoms with E-state index in [1.54, 1.807) is 26.6 Å². The van der Waals surface area contributed by atoms with E-state index < -0.39 is 0 Å². The molecule has 4 aromatic heterocycles. The van der Waals surface area contributed by atoms with Crippen LogP contribution in [0.1, 0.15) is 6.42 Å². The largest absolute Gasteiger partial charge is 0.497 e. The van der Waals surface area contributed by atoms with Crippen LogP contribution in [0.4, 0.5) is 0 Å². The van der Waals surface area contributed by atoms with E-state index in [2.05, 4.69) is 29.9 Å². The maximum atomic E-state index is 5.82. The Kier molecular flexibility index (Phi) is 6.65. The van der Waals surface area contributed by atoms with Crippen molar-refractivity contribution in [2.75, 3.05) is 27.4 Å². The van der Waals surface area contributed by atoms with Crippen molar-refractivity contribution in [1.82, 2.24) is 29.9 Å². The summed E-state index contributed by atoms with van der Waals surface area (Å²) < 4.78 is 22.2. The molecule has 6 aromatic rings. The quantitative estimate of drug-likeness (QED) is 0.229. The summed E-state index contributed by atoms with van der Waals surface area (Å²) in [5.41, 5.74) is 4.97. The molecule has 6 rings (SSSR count). The molecule has 10 nitrogen and oxygen atoms in total. The topological polar surface area (TPSA) is 120 Å². The highest BCUT2D eigenvalue weighted by Crippen LogP contribution is 2.25. The van der Waals surface area contributed by atoms with E-state index in [4.69, 9.17) is 18.9 Å². The monoisotopic (exact) mass is 522 g/mol. The first-order chi connectivity index (χ1) is 19.2. The molecule has 0 unspecified atom stereocenters. The summed E-state index contributed by atoms with van der Waals surface area (Å²) in [4.78, 5) is 24.7. The molecule has 0 bridgehead atoms. The Morgan fingerprint density at radius 2 is 1.05 bits per heavy atom. The van der Waals surface area contributed by atoms with Crippen molar-refractivity contribution in [1.29, 1.82) is 0 Å². The predicted octanol–water partition coefficient (Wildman–Crippen LogP) is 5.43. The molecule has 39 heavy (non-hydrogen) atoms. The van der Waals surface area contributed by atoms with Crippen molar-refractivity contribution in [3.05, 3.63) is 73.1 Å². The van der Waals surface area contributed by atoms with E-state index in [9.17, 15) is 0 Å². The summed E-state index contributed by atoms with van der Waals surface area (Å²) >= 11 is 0. The number of aromatic nitrogens is 6. The highest BCUT2D eigenvalue weighted by atomic mass is 16.5. The van der Waals surface area contributed by atoms with E-state index in [0.717, 1.165) is 45.0 Å². The fraction of sp³-hybridized carbons (Fsp3) is 0.172. The third kappa shape index (κ3) is 5.30. The third-order valence-corrected chi connectivity index (χ3v) is 6.16. The smallest absolute Gasteiger partial charge is 0.157 e. The van der Waals surface area contributed by atoms with E-state index in [1.165, 1.54) is 0 Å². The standard InChI is InChI=1S/C29H26N6O4/c1-36-18-4-8-22-26(14-18)34-28(32-22)24-10-6-20(16-30-24)38-12-3-13-39-21-7-11-25(31-17-21)29-33-23-9-5-19(37-2)15-27(23)35-29/h4-11,14-17H,3,12-13H2,1-2H3,(H,32,34)(H,33,35).